The van der Waals surface area contributed by atoms with Crippen LogP contribution in [-0.4, -0.2) is 10.9 Å². The van der Waals surface area contributed by atoms with Crippen molar-refractivity contribution in [1.29, 1.82) is 0 Å². The van der Waals surface area contributed by atoms with E-state index in [1.165, 1.54) is 0 Å². The van der Waals surface area contributed by atoms with Gasteiger partial charge in [-0.3, -0.25) is 9.78 Å². The van der Waals surface area contributed by atoms with Crippen LogP contribution in [0.1, 0.15) is 11.1 Å². The lowest BCUT2D eigenvalue weighted by atomic mass is 10.1. The van der Waals surface area contributed by atoms with Crippen molar-refractivity contribution in [2.45, 2.75) is 13.0 Å². The first kappa shape index (κ1) is 12.3. The van der Waals surface area contributed by atoms with Crippen molar-refractivity contribution >= 4 is 11.6 Å². The number of carbonyl (C=O) groups excluding carboxylic acids is 1. The Morgan fingerprint density at radius 3 is 2.61 bits per heavy atom. The van der Waals surface area contributed by atoms with Crippen LogP contribution in [0.3, 0.4) is 0 Å². The summed E-state index contributed by atoms with van der Waals surface area (Å²) in [4.78, 5) is 15.8. The lowest BCUT2D eigenvalue weighted by molar-refractivity contribution is -0.115. The van der Waals surface area contributed by atoms with Crippen molar-refractivity contribution < 1.29 is 4.79 Å². The standard InChI is InChI=1S/C14H15N3O/c15-10-12-3-1-2-4-13(12)17-14(18)9-11-5-7-16-8-6-11/h1-8H,9-10,15H2,(H,17,18). The summed E-state index contributed by atoms with van der Waals surface area (Å²) < 4.78 is 0. The molecular formula is C14H15N3O. The van der Waals surface area contributed by atoms with Crippen molar-refractivity contribution in [2.24, 2.45) is 5.73 Å². The predicted molar refractivity (Wildman–Crippen MR) is 70.9 cm³/mol. The van der Waals surface area contributed by atoms with Gasteiger partial charge in [0.15, 0.2) is 0 Å². The highest BCUT2D eigenvalue weighted by molar-refractivity contribution is 5.92. The molecule has 18 heavy (non-hydrogen) atoms. The Bertz CT molecular complexity index is 526. The summed E-state index contributed by atoms with van der Waals surface area (Å²) in [6.07, 6.45) is 3.69. The molecule has 0 unspecified atom stereocenters. The highest BCUT2D eigenvalue weighted by atomic mass is 16.1. The van der Waals surface area contributed by atoms with Gasteiger partial charge >= 0.3 is 0 Å². The molecule has 4 heteroatoms. The SMILES string of the molecule is NCc1ccccc1NC(=O)Cc1ccncc1. The number of para-hydroxylation sites is 1. The van der Waals surface area contributed by atoms with Gasteiger partial charge in [-0.05, 0) is 29.3 Å². The number of rotatable bonds is 4. The molecule has 0 radical (unpaired) electrons. The first-order valence-electron chi connectivity index (χ1n) is 5.76. The molecule has 0 fully saturated rings. The zero-order valence-electron chi connectivity index (χ0n) is 9.97. The van der Waals surface area contributed by atoms with Crippen LogP contribution in [0.4, 0.5) is 5.69 Å². The van der Waals surface area contributed by atoms with Crippen LogP contribution in [0.25, 0.3) is 0 Å². The Kier molecular flexibility index (Phi) is 4.04. The number of hydrogen-bond donors (Lipinski definition) is 2. The van der Waals surface area contributed by atoms with E-state index in [1.54, 1.807) is 12.4 Å². The molecule has 0 saturated heterocycles. The maximum absolute atomic E-state index is 11.9. The molecule has 0 aliphatic heterocycles. The van der Waals surface area contributed by atoms with Crippen LogP contribution in [-0.2, 0) is 17.8 Å². The quantitative estimate of drug-likeness (QED) is 0.856. The van der Waals surface area contributed by atoms with Gasteiger partial charge in [0, 0.05) is 24.6 Å². The first-order valence-corrected chi connectivity index (χ1v) is 5.76. The summed E-state index contributed by atoms with van der Waals surface area (Å²) in [7, 11) is 0. The predicted octanol–water partition coefficient (Wildman–Crippen LogP) is 1.72. The Balaban J connectivity index is 2.03. The lowest BCUT2D eigenvalue weighted by Gasteiger charge is -2.09. The number of nitrogens with one attached hydrogen (secondary N) is 1. The van der Waals surface area contributed by atoms with Gasteiger partial charge in [-0.25, -0.2) is 0 Å². The molecule has 0 aliphatic rings. The second-order valence-electron chi connectivity index (χ2n) is 3.94. The monoisotopic (exact) mass is 241 g/mol. The minimum absolute atomic E-state index is 0.0536. The molecule has 0 aliphatic carbocycles. The van der Waals surface area contributed by atoms with E-state index in [-0.39, 0.29) is 5.91 Å². The summed E-state index contributed by atoms with van der Waals surface area (Å²) in [5.41, 5.74) is 8.27. The summed E-state index contributed by atoms with van der Waals surface area (Å²) in [6.45, 7) is 0.408. The zero-order chi connectivity index (χ0) is 12.8. The molecule has 1 heterocycles. The van der Waals surface area contributed by atoms with Crippen molar-refractivity contribution in [3.8, 4) is 0 Å². The molecule has 0 saturated carbocycles. The molecule has 1 amide bonds. The lowest BCUT2D eigenvalue weighted by Crippen LogP contribution is -2.16. The van der Waals surface area contributed by atoms with Gasteiger partial charge in [-0.2, -0.15) is 0 Å². The number of pyridine rings is 1. The molecule has 1 aromatic heterocycles. The summed E-state index contributed by atoms with van der Waals surface area (Å²) in [5, 5.41) is 2.87. The van der Waals surface area contributed by atoms with E-state index in [2.05, 4.69) is 10.3 Å². The zero-order valence-corrected chi connectivity index (χ0v) is 9.97. The van der Waals surface area contributed by atoms with Crippen LogP contribution in [0.15, 0.2) is 48.8 Å². The first-order chi connectivity index (χ1) is 8.79. The van der Waals surface area contributed by atoms with Crippen molar-refractivity contribution in [3.05, 3.63) is 59.9 Å². The molecule has 3 N–H and O–H groups in total. The van der Waals surface area contributed by atoms with Crippen LogP contribution in [0.2, 0.25) is 0 Å². The van der Waals surface area contributed by atoms with E-state index in [4.69, 9.17) is 5.73 Å². The van der Waals surface area contributed by atoms with E-state index in [9.17, 15) is 4.79 Å². The molecule has 92 valence electrons. The second-order valence-corrected chi connectivity index (χ2v) is 3.94. The fraction of sp³-hybridized carbons (Fsp3) is 0.143. The van der Waals surface area contributed by atoms with Crippen LogP contribution < -0.4 is 11.1 Å². The fourth-order valence-electron chi connectivity index (χ4n) is 1.70. The van der Waals surface area contributed by atoms with E-state index < -0.39 is 0 Å². The highest BCUT2D eigenvalue weighted by Crippen LogP contribution is 2.14. The molecule has 2 aromatic rings. The number of carbonyl (C=O) groups is 1. The number of aromatic nitrogens is 1. The Morgan fingerprint density at radius 2 is 1.89 bits per heavy atom. The van der Waals surface area contributed by atoms with E-state index in [1.807, 2.05) is 36.4 Å². The third-order valence-electron chi connectivity index (χ3n) is 2.63. The third-order valence-corrected chi connectivity index (χ3v) is 2.63. The molecule has 0 bridgehead atoms. The van der Waals surface area contributed by atoms with Crippen LogP contribution in [0.5, 0.6) is 0 Å². The van der Waals surface area contributed by atoms with Crippen LogP contribution in [0, 0.1) is 0 Å². The van der Waals surface area contributed by atoms with Gasteiger partial charge in [0.25, 0.3) is 0 Å². The molecule has 0 atom stereocenters. The number of nitrogens with two attached hydrogens (primary N) is 1. The Labute approximate surface area is 106 Å². The van der Waals surface area contributed by atoms with Crippen molar-refractivity contribution in [2.75, 3.05) is 5.32 Å². The van der Waals surface area contributed by atoms with E-state index in [0.29, 0.717) is 13.0 Å². The van der Waals surface area contributed by atoms with Crippen molar-refractivity contribution in [3.63, 3.8) is 0 Å². The number of amides is 1. The van der Waals surface area contributed by atoms with Crippen LogP contribution >= 0.6 is 0 Å². The normalized spacial score (nSPS) is 10.1. The summed E-state index contributed by atoms with van der Waals surface area (Å²) in [6, 6.07) is 11.2. The average molecular weight is 241 g/mol. The maximum Gasteiger partial charge on any atom is 0.228 e. The summed E-state index contributed by atoms with van der Waals surface area (Å²) in [5.74, 6) is -0.0536. The van der Waals surface area contributed by atoms with Crippen molar-refractivity contribution in [1.82, 2.24) is 4.98 Å². The van der Waals surface area contributed by atoms with Gasteiger partial charge in [0.2, 0.25) is 5.91 Å². The highest BCUT2D eigenvalue weighted by Gasteiger charge is 2.06. The minimum atomic E-state index is -0.0536. The molecule has 4 nitrogen and oxygen atoms in total. The van der Waals surface area contributed by atoms with Gasteiger partial charge in [-0.1, -0.05) is 18.2 Å². The van der Waals surface area contributed by atoms with Gasteiger partial charge < -0.3 is 11.1 Å². The Morgan fingerprint density at radius 1 is 1.17 bits per heavy atom. The molecule has 1 aromatic carbocycles. The maximum atomic E-state index is 11.9. The smallest absolute Gasteiger partial charge is 0.228 e. The van der Waals surface area contributed by atoms with E-state index >= 15 is 0 Å². The summed E-state index contributed by atoms with van der Waals surface area (Å²) >= 11 is 0. The largest absolute Gasteiger partial charge is 0.326 e. The van der Waals surface area contributed by atoms with E-state index in [0.717, 1.165) is 16.8 Å². The van der Waals surface area contributed by atoms with Gasteiger partial charge in [-0.15, -0.1) is 0 Å². The minimum Gasteiger partial charge on any atom is -0.326 e. The molecular weight excluding hydrogens is 226 g/mol. The number of anilines is 1. The number of nitrogens with zero attached hydrogens (tertiary/aromatic N) is 1. The number of benzene rings is 1. The molecule has 0 spiro atoms. The van der Waals surface area contributed by atoms with Gasteiger partial charge in [0.1, 0.15) is 0 Å². The fourth-order valence-corrected chi connectivity index (χ4v) is 1.70. The third kappa shape index (κ3) is 3.15. The second kappa shape index (κ2) is 5.93. The number of hydrogen-bond acceptors (Lipinski definition) is 3. The van der Waals surface area contributed by atoms with Gasteiger partial charge in [0.05, 0.1) is 6.42 Å². The molecule has 2 rings (SSSR count). The average Bonchev–Trinajstić information content (AvgIpc) is 2.40. The Hall–Kier alpha value is -2.20. The topological polar surface area (TPSA) is 68.0 Å².